The molecular weight excluding hydrogens is 247 g/mol. The predicted molar refractivity (Wildman–Crippen MR) is 76.3 cm³/mol. The minimum Gasteiger partial charge on any atom is -0.326 e. The Hall–Kier alpha value is -0.580. The zero-order valence-corrected chi connectivity index (χ0v) is 11.6. The largest absolute Gasteiger partial charge is 0.326 e. The Morgan fingerprint density at radius 3 is 2.72 bits per heavy atom. The summed E-state index contributed by atoms with van der Waals surface area (Å²) in [6, 6.07) is 7.09. The summed E-state index contributed by atoms with van der Waals surface area (Å²) in [5.41, 5.74) is 7.27. The fourth-order valence-electron chi connectivity index (χ4n) is 2.50. The van der Waals surface area contributed by atoms with Gasteiger partial charge < -0.3 is 5.73 Å². The molecule has 1 saturated heterocycles. The molecule has 1 aromatic rings. The van der Waals surface area contributed by atoms with E-state index in [1.54, 1.807) is 12.1 Å². The second-order valence-corrected chi connectivity index (χ2v) is 5.95. The Morgan fingerprint density at radius 2 is 2.11 bits per heavy atom. The summed E-state index contributed by atoms with van der Waals surface area (Å²) in [6.07, 6.45) is 0.908. The van der Waals surface area contributed by atoms with Gasteiger partial charge in [-0.05, 0) is 24.1 Å². The van der Waals surface area contributed by atoms with Crippen LogP contribution in [-0.4, -0.2) is 35.5 Å². The quantitative estimate of drug-likeness (QED) is 0.910. The zero-order valence-electron chi connectivity index (χ0n) is 10.8. The SMILES string of the molecule is CCC(N)C(c1cccc(F)c1)N1CCSCC1. The van der Waals surface area contributed by atoms with E-state index >= 15 is 0 Å². The molecule has 0 aromatic heterocycles. The lowest BCUT2D eigenvalue weighted by Gasteiger charge is -2.37. The molecule has 1 aromatic carbocycles. The molecule has 100 valence electrons. The first-order valence-electron chi connectivity index (χ1n) is 6.55. The average Bonchev–Trinajstić information content (AvgIpc) is 2.40. The molecule has 0 radical (unpaired) electrons. The summed E-state index contributed by atoms with van der Waals surface area (Å²) in [5.74, 6) is 2.11. The van der Waals surface area contributed by atoms with Gasteiger partial charge in [0.2, 0.25) is 0 Å². The topological polar surface area (TPSA) is 29.3 Å². The summed E-state index contributed by atoms with van der Waals surface area (Å²) in [5, 5.41) is 0. The molecule has 0 spiro atoms. The maximum absolute atomic E-state index is 13.4. The van der Waals surface area contributed by atoms with Crippen molar-refractivity contribution in [1.29, 1.82) is 0 Å². The van der Waals surface area contributed by atoms with Gasteiger partial charge in [-0.25, -0.2) is 4.39 Å². The second-order valence-electron chi connectivity index (χ2n) is 4.72. The van der Waals surface area contributed by atoms with Crippen molar-refractivity contribution in [1.82, 2.24) is 4.90 Å². The number of halogens is 1. The van der Waals surface area contributed by atoms with Crippen LogP contribution in [0.2, 0.25) is 0 Å². The molecule has 2 nitrogen and oxygen atoms in total. The Bertz CT molecular complexity index is 380. The number of hydrogen-bond acceptors (Lipinski definition) is 3. The van der Waals surface area contributed by atoms with E-state index in [-0.39, 0.29) is 17.9 Å². The number of thioether (sulfide) groups is 1. The van der Waals surface area contributed by atoms with Crippen molar-refractivity contribution >= 4 is 11.8 Å². The third-order valence-electron chi connectivity index (χ3n) is 3.51. The second kappa shape index (κ2) is 6.55. The molecule has 4 heteroatoms. The zero-order chi connectivity index (χ0) is 13.0. The van der Waals surface area contributed by atoms with Crippen LogP contribution in [0.5, 0.6) is 0 Å². The van der Waals surface area contributed by atoms with Crippen LogP contribution >= 0.6 is 11.8 Å². The summed E-state index contributed by atoms with van der Waals surface area (Å²) in [6.45, 7) is 4.18. The molecule has 2 N–H and O–H groups in total. The first kappa shape index (κ1) is 13.8. The number of nitrogens with two attached hydrogens (primary N) is 1. The molecule has 0 saturated carbocycles. The van der Waals surface area contributed by atoms with Gasteiger partial charge in [0.25, 0.3) is 0 Å². The fraction of sp³-hybridized carbons (Fsp3) is 0.571. The third-order valence-corrected chi connectivity index (χ3v) is 4.45. The predicted octanol–water partition coefficient (Wildman–Crippen LogP) is 2.65. The Labute approximate surface area is 113 Å². The van der Waals surface area contributed by atoms with Crippen LogP contribution in [0, 0.1) is 5.82 Å². The van der Waals surface area contributed by atoms with Crippen molar-refractivity contribution < 1.29 is 4.39 Å². The lowest BCUT2D eigenvalue weighted by atomic mass is 9.96. The number of hydrogen-bond donors (Lipinski definition) is 1. The fourth-order valence-corrected chi connectivity index (χ4v) is 3.43. The average molecular weight is 268 g/mol. The van der Waals surface area contributed by atoms with Crippen LogP contribution in [0.15, 0.2) is 24.3 Å². The van der Waals surface area contributed by atoms with Crippen molar-refractivity contribution in [2.45, 2.75) is 25.4 Å². The summed E-state index contributed by atoms with van der Waals surface area (Å²) in [4.78, 5) is 2.40. The van der Waals surface area contributed by atoms with E-state index in [0.29, 0.717) is 0 Å². The van der Waals surface area contributed by atoms with Gasteiger partial charge >= 0.3 is 0 Å². The van der Waals surface area contributed by atoms with E-state index in [0.717, 1.165) is 36.6 Å². The van der Waals surface area contributed by atoms with E-state index < -0.39 is 0 Å². The molecule has 18 heavy (non-hydrogen) atoms. The third kappa shape index (κ3) is 3.25. The van der Waals surface area contributed by atoms with Crippen molar-refractivity contribution in [3.05, 3.63) is 35.6 Å². The number of nitrogens with zero attached hydrogens (tertiary/aromatic N) is 1. The molecule has 0 bridgehead atoms. The summed E-state index contributed by atoms with van der Waals surface area (Å²) < 4.78 is 13.4. The van der Waals surface area contributed by atoms with Gasteiger partial charge in [0.1, 0.15) is 5.82 Å². The lowest BCUT2D eigenvalue weighted by Crippen LogP contribution is -2.44. The van der Waals surface area contributed by atoms with Crippen LogP contribution < -0.4 is 5.73 Å². The van der Waals surface area contributed by atoms with E-state index in [1.165, 1.54) is 6.07 Å². The van der Waals surface area contributed by atoms with Crippen LogP contribution in [0.25, 0.3) is 0 Å². The minimum atomic E-state index is -0.174. The van der Waals surface area contributed by atoms with Crippen molar-refractivity contribution in [2.24, 2.45) is 5.73 Å². The van der Waals surface area contributed by atoms with Crippen LogP contribution in [-0.2, 0) is 0 Å². The Morgan fingerprint density at radius 1 is 1.39 bits per heavy atom. The Kier molecular flexibility index (Phi) is 5.03. The highest BCUT2D eigenvalue weighted by atomic mass is 32.2. The lowest BCUT2D eigenvalue weighted by molar-refractivity contribution is 0.186. The maximum Gasteiger partial charge on any atom is 0.123 e. The highest BCUT2D eigenvalue weighted by Crippen LogP contribution is 2.28. The molecule has 0 aliphatic carbocycles. The number of benzene rings is 1. The summed E-state index contributed by atoms with van der Waals surface area (Å²) >= 11 is 1.98. The molecule has 2 rings (SSSR count). The highest BCUT2D eigenvalue weighted by molar-refractivity contribution is 7.99. The normalized spacial score (nSPS) is 20.6. The van der Waals surface area contributed by atoms with Crippen LogP contribution in [0.4, 0.5) is 4.39 Å². The molecule has 0 amide bonds. The summed E-state index contributed by atoms with van der Waals surface area (Å²) in [7, 11) is 0. The van der Waals surface area contributed by atoms with Crippen LogP contribution in [0.1, 0.15) is 24.9 Å². The first-order chi connectivity index (χ1) is 8.72. The van der Waals surface area contributed by atoms with Gasteiger partial charge in [-0.1, -0.05) is 19.1 Å². The van der Waals surface area contributed by atoms with Crippen molar-refractivity contribution in [3.63, 3.8) is 0 Å². The monoisotopic (exact) mass is 268 g/mol. The van der Waals surface area contributed by atoms with Gasteiger partial charge in [0, 0.05) is 30.6 Å². The molecule has 1 heterocycles. The standard InChI is InChI=1S/C14H21FN2S/c1-2-13(16)14(17-6-8-18-9-7-17)11-4-3-5-12(15)10-11/h3-5,10,13-14H,2,6-9,16H2,1H3. The van der Waals surface area contributed by atoms with E-state index in [9.17, 15) is 4.39 Å². The minimum absolute atomic E-state index is 0.0647. The van der Waals surface area contributed by atoms with Crippen molar-refractivity contribution in [3.8, 4) is 0 Å². The van der Waals surface area contributed by atoms with E-state index in [2.05, 4.69) is 11.8 Å². The molecule has 1 fully saturated rings. The smallest absolute Gasteiger partial charge is 0.123 e. The van der Waals surface area contributed by atoms with Gasteiger partial charge in [0.15, 0.2) is 0 Å². The molecular formula is C14H21FN2S. The van der Waals surface area contributed by atoms with Crippen molar-refractivity contribution in [2.75, 3.05) is 24.6 Å². The molecule has 1 aliphatic rings. The van der Waals surface area contributed by atoms with E-state index in [1.807, 2.05) is 17.8 Å². The molecule has 1 aliphatic heterocycles. The van der Waals surface area contributed by atoms with E-state index in [4.69, 9.17) is 5.73 Å². The number of rotatable bonds is 4. The van der Waals surface area contributed by atoms with Gasteiger partial charge in [-0.15, -0.1) is 0 Å². The van der Waals surface area contributed by atoms with Gasteiger partial charge in [-0.3, -0.25) is 4.90 Å². The van der Waals surface area contributed by atoms with Gasteiger partial charge in [-0.2, -0.15) is 11.8 Å². The highest BCUT2D eigenvalue weighted by Gasteiger charge is 2.27. The maximum atomic E-state index is 13.4. The Balaban J connectivity index is 2.23. The van der Waals surface area contributed by atoms with Gasteiger partial charge in [0.05, 0.1) is 6.04 Å². The van der Waals surface area contributed by atoms with Crippen LogP contribution in [0.3, 0.4) is 0 Å². The molecule has 2 unspecified atom stereocenters. The molecule has 2 atom stereocenters. The first-order valence-corrected chi connectivity index (χ1v) is 7.70.